The number of nitrogens with one attached hydrogen (secondary N) is 1. The van der Waals surface area contributed by atoms with E-state index in [-0.39, 0.29) is 22.9 Å². The highest BCUT2D eigenvalue weighted by molar-refractivity contribution is 7.89. The first-order valence-electron chi connectivity index (χ1n) is 8.73. The fourth-order valence-corrected chi connectivity index (χ4v) is 5.16. The summed E-state index contributed by atoms with van der Waals surface area (Å²) in [6, 6.07) is 11.5. The predicted octanol–water partition coefficient (Wildman–Crippen LogP) is 2.92. The molecule has 8 nitrogen and oxygen atoms in total. The van der Waals surface area contributed by atoms with Crippen LogP contribution in [0.1, 0.15) is 12.8 Å². The van der Waals surface area contributed by atoms with Crippen molar-refractivity contribution in [2.75, 3.05) is 18.4 Å². The van der Waals surface area contributed by atoms with Crippen molar-refractivity contribution in [2.24, 2.45) is 5.92 Å². The van der Waals surface area contributed by atoms with Gasteiger partial charge >= 0.3 is 0 Å². The molecular weight excluding hydrogens is 404 g/mol. The smallest absolute Gasteiger partial charge is 0.245 e. The van der Waals surface area contributed by atoms with Crippen LogP contribution in [0.5, 0.6) is 0 Å². The lowest BCUT2D eigenvalue weighted by Gasteiger charge is -2.31. The Kier molecular flexibility index (Phi) is 5.05. The SMILES string of the molecule is O=C(Nc1cccc(Cl)c1)[C@H]1CCCN(S(=O)(=O)c2cccc3nonc23)C1. The van der Waals surface area contributed by atoms with Gasteiger partial charge < -0.3 is 5.32 Å². The Morgan fingerprint density at radius 2 is 2.04 bits per heavy atom. The predicted molar refractivity (Wildman–Crippen MR) is 103 cm³/mol. The molecule has 1 aromatic heterocycles. The van der Waals surface area contributed by atoms with E-state index < -0.39 is 15.9 Å². The average Bonchev–Trinajstić information content (AvgIpc) is 3.17. The molecule has 0 aliphatic carbocycles. The van der Waals surface area contributed by atoms with Gasteiger partial charge in [-0.15, -0.1) is 0 Å². The maximum absolute atomic E-state index is 13.1. The van der Waals surface area contributed by atoms with Crippen LogP contribution in [-0.4, -0.2) is 42.0 Å². The van der Waals surface area contributed by atoms with E-state index in [0.717, 1.165) is 0 Å². The van der Waals surface area contributed by atoms with Gasteiger partial charge in [-0.2, -0.15) is 4.31 Å². The van der Waals surface area contributed by atoms with E-state index in [1.165, 1.54) is 10.4 Å². The molecule has 3 aromatic rings. The zero-order valence-electron chi connectivity index (χ0n) is 14.7. The van der Waals surface area contributed by atoms with Gasteiger partial charge in [0.1, 0.15) is 10.4 Å². The number of carbonyl (C=O) groups is 1. The number of hydrogen-bond acceptors (Lipinski definition) is 6. The molecule has 146 valence electrons. The van der Waals surface area contributed by atoms with Crippen molar-refractivity contribution in [1.82, 2.24) is 14.6 Å². The number of hydrogen-bond donors (Lipinski definition) is 1. The Bertz CT molecular complexity index is 1130. The van der Waals surface area contributed by atoms with Crippen molar-refractivity contribution in [2.45, 2.75) is 17.7 Å². The molecule has 1 atom stereocenters. The summed E-state index contributed by atoms with van der Waals surface area (Å²) in [5.41, 5.74) is 1.14. The molecule has 1 N–H and O–H groups in total. The highest BCUT2D eigenvalue weighted by Gasteiger charge is 2.34. The van der Waals surface area contributed by atoms with Crippen molar-refractivity contribution < 1.29 is 17.8 Å². The summed E-state index contributed by atoms with van der Waals surface area (Å²) < 4.78 is 32.3. The van der Waals surface area contributed by atoms with E-state index in [4.69, 9.17) is 11.6 Å². The number of amides is 1. The largest absolute Gasteiger partial charge is 0.326 e. The number of rotatable bonds is 4. The third-order valence-corrected chi connectivity index (χ3v) is 6.85. The molecule has 4 rings (SSSR count). The van der Waals surface area contributed by atoms with Crippen LogP contribution in [0.25, 0.3) is 11.0 Å². The van der Waals surface area contributed by atoms with Crippen LogP contribution in [0.2, 0.25) is 5.02 Å². The average molecular weight is 421 g/mol. The normalized spacial score (nSPS) is 18.2. The van der Waals surface area contributed by atoms with Crippen LogP contribution in [0.4, 0.5) is 5.69 Å². The summed E-state index contributed by atoms with van der Waals surface area (Å²) in [6.07, 6.45) is 1.19. The van der Waals surface area contributed by atoms with Crippen molar-refractivity contribution in [3.05, 3.63) is 47.5 Å². The van der Waals surface area contributed by atoms with Crippen molar-refractivity contribution in [3.63, 3.8) is 0 Å². The van der Waals surface area contributed by atoms with Gasteiger partial charge in [-0.3, -0.25) is 4.79 Å². The van der Waals surface area contributed by atoms with Crippen molar-refractivity contribution >= 4 is 44.3 Å². The lowest BCUT2D eigenvalue weighted by Crippen LogP contribution is -2.43. The number of carbonyl (C=O) groups excluding carboxylic acids is 1. The Balaban J connectivity index is 1.54. The van der Waals surface area contributed by atoms with Crippen LogP contribution in [-0.2, 0) is 14.8 Å². The number of piperidine rings is 1. The zero-order chi connectivity index (χ0) is 19.7. The van der Waals surface area contributed by atoms with Crippen LogP contribution < -0.4 is 5.32 Å². The minimum absolute atomic E-state index is 0.0298. The number of halogens is 1. The molecule has 2 aromatic carbocycles. The number of nitrogens with zero attached hydrogens (tertiary/aromatic N) is 3. The molecule has 0 bridgehead atoms. The quantitative estimate of drug-likeness (QED) is 0.695. The van der Waals surface area contributed by atoms with E-state index in [9.17, 15) is 13.2 Å². The van der Waals surface area contributed by atoms with Crippen LogP contribution in [0.3, 0.4) is 0 Å². The molecule has 0 saturated carbocycles. The third kappa shape index (κ3) is 3.60. The second kappa shape index (κ2) is 7.50. The zero-order valence-corrected chi connectivity index (χ0v) is 16.3. The Hall–Kier alpha value is -2.49. The Morgan fingerprint density at radius 3 is 2.86 bits per heavy atom. The van der Waals surface area contributed by atoms with E-state index in [1.54, 1.807) is 36.4 Å². The van der Waals surface area contributed by atoms with Crippen molar-refractivity contribution in [3.8, 4) is 0 Å². The lowest BCUT2D eigenvalue weighted by molar-refractivity contribution is -0.120. The van der Waals surface area contributed by atoms with Crippen LogP contribution in [0.15, 0.2) is 52.0 Å². The minimum Gasteiger partial charge on any atom is -0.326 e. The monoisotopic (exact) mass is 420 g/mol. The maximum Gasteiger partial charge on any atom is 0.245 e. The molecule has 1 fully saturated rings. The summed E-state index contributed by atoms with van der Waals surface area (Å²) in [4.78, 5) is 12.7. The summed E-state index contributed by atoms with van der Waals surface area (Å²) >= 11 is 5.95. The molecule has 10 heteroatoms. The summed E-state index contributed by atoms with van der Waals surface area (Å²) in [5.74, 6) is -0.694. The van der Waals surface area contributed by atoms with Gasteiger partial charge in [0.25, 0.3) is 0 Å². The van der Waals surface area contributed by atoms with E-state index in [1.807, 2.05) is 0 Å². The third-order valence-electron chi connectivity index (χ3n) is 4.71. The van der Waals surface area contributed by atoms with Crippen molar-refractivity contribution in [1.29, 1.82) is 0 Å². The molecule has 0 spiro atoms. The first-order chi connectivity index (χ1) is 13.4. The van der Waals surface area contributed by atoms with Gasteiger partial charge in [0.15, 0.2) is 5.52 Å². The highest BCUT2D eigenvalue weighted by Crippen LogP contribution is 2.28. The second-order valence-electron chi connectivity index (χ2n) is 6.59. The number of fused-ring (bicyclic) bond motifs is 1. The molecule has 1 aliphatic heterocycles. The van der Waals surface area contributed by atoms with Gasteiger partial charge in [0.05, 0.1) is 5.92 Å². The molecular formula is C18H17ClN4O4S. The number of aromatic nitrogens is 2. The van der Waals surface area contributed by atoms with E-state index in [0.29, 0.717) is 35.6 Å². The first-order valence-corrected chi connectivity index (χ1v) is 10.5. The van der Waals surface area contributed by atoms with Gasteiger partial charge in [-0.1, -0.05) is 23.7 Å². The fourth-order valence-electron chi connectivity index (χ4n) is 3.31. The van der Waals surface area contributed by atoms with E-state index >= 15 is 0 Å². The van der Waals surface area contributed by atoms with Gasteiger partial charge in [0.2, 0.25) is 15.9 Å². The Morgan fingerprint density at radius 1 is 1.21 bits per heavy atom. The second-order valence-corrected chi connectivity index (χ2v) is 8.93. The van der Waals surface area contributed by atoms with Gasteiger partial charge in [-0.05, 0) is 53.5 Å². The Labute approximate surface area is 166 Å². The summed E-state index contributed by atoms with van der Waals surface area (Å²) in [7, 11) is -3.83. The maximum atomic E-state index is 13.1. The highest BCUT2D eigenvalue weighted by atomic mass is 35.5. The number of benzene rings is 2. The van der Waals surface area contributed by atoms with E-state index in [2.05, 4.69) is 20.3 Å². The summed E-state index contributed by atoms with van der Waals surface area (Å²) in [6.45, 7) is 0.432. The molecule has 2 heterocycles. The molecule has 0 unspecified atom stereocenters. The van der Waals surface area contributed by atoms with Crippen LogP contribution in [0, 0.1) is 5.92 Å². The molecule has 0 radical (unpaired) electrons. The number of anilines is 1. The molecule has 1 saturated heterocycles. The van der Waals surface area contributed by atoms with Gasteiger partial charge in [0, 0.05) is 23.8 Å². The molecule has 1 amide bonds. The first kappa shape index (κ1) is 18.9. The lowest BCUT2D eigenvalue weighted by atomic mass is 9.99. The van der Waals surface area contributed by atoms with Gasteiger partial charge in [-0.25, -0.2) is 13.0 Å². The fraction of sp³-hybridized carbons (Fsp3) is 0.278. The topological polar surface area (TPSA) is 105 Å². The number of sulfonamides is 1. The molecule has 1 aliphatic rings. The summed E-state index contributed by atoms with van der Waals surface area (Å²) in [5, 5.41) is 10.7. The minimum atomic E-state index is -3.83. The molecule has 28 heavy (non-hydrogen) atoms. The standard InChI is InChI=1S/C18H17ClN4O4S/c19-13-5-1-6-14(10-13)20-18(24)12-4-3-9-23(11-12)28(25,26)16-8-2-7-15-17(16)22-27-21-15/h1-2,5-8,10,12H,3-4,9,11H2,(H,20,24)/t12-/m0/s1. The van der Waals surface area contributed by atoms with Crippen LogP contribution >= 0.6 is 11.6 Å².